The molecule has 2 N–H and O–H groups in total. The van der Waals surface area contributed by atoms with Crippen molar-refractivity contribution in [2.45, 2.75) is 83.0 Å². The van der Waals surface area contributed by atoms with Crippen molar-refractivity contribution in [3.05, 3.63) is 0 Å². The van der Waals surface area contributed by atoms with Gasteiger partial charge in [0.15, 0.2) is 0 Å². The number of hydrogen-bond acceptors (Lipinski definition) is 3. The van der Waals surface area contributed by atoms with Gasteiger partial charge in [0.1, 0.15) is 0 Å². The molecule has 0 amide bonds. The lowest BCUT2D eigenvalue weighted by molar-refractivity contribution is 0.0984. The maximum atomic E-state index is 9.78. The van der Waals surface area contributed by atoms with Gasteiger partial charge >= 0.3 is 0 Å². The summed E-state index contributed by atoms with van der Waals surface area (Å²) in [5, 5.41) is 13.4. The topological polar surface area (TPSA) is 35.5 Å². The average Bonchev–Trinajstić information content (AvgIpc) is 2.81. The van der Waals surface area contributed by atoms with E-state index >= 15 is 0 Å². The van der Waals surface area contributed by atoms with Crippen LogP contribution >= 0.6 is 0 Å². The van der Waals surface area contributed by atoms with Crippen molar-refractivity contribution in [2.24, 2.45) is 0 Å². The molecule has 0 spiro atoms. The third-order valence-corrected chi connectivity index (χ3v) is 4.89. The first-order chi connectivity index (χ1) is 8.38. The maximum Gasteiger partial charge on any atom is 0.0614 e. The second-order valence-corrected chi connectivity index (χ2v) is 7.24. The molecule has 1 saturated carbocycles. The Morgan fingerprint density at radius 3 is 2.56 bits per heavy atom. The van der Waals surface area contributed by atoms with Gasteiger partial charge in [-0.2, -0.15) is 0 Å². The second-order valence-electron chi connectivity index (χ2n) is 7.24. The summed E-state index contributed by atoms with van der Waals surface area (Å²) < 4.78 is 0. The fourth-order valence-electron chi connectivity index (χ4n) is 4.10. The van der Waals surface area contributed by atoms with Crippen LogP contribution in [0.3, 0.4) is 0 Å². The van der Waals surface area contributed by atoms with Gasteiger partial charge in [-0.05, 0) is 52.5 Å². The van der Waals surface area contributed by atoms with Crippen LogP contribution in [0.25, 0.3) is 0 Å². The Bertz CT molecular complexity index is 290. The van der Waals surface area contributed by atoms with Crippen LogP contribution in [-0.4, -0.2) is 46.3 Å². The van der Waals surface area contributed by atoms with Crippen LogP contribution < -0.4 is 5.32 Å². The van der Waals surface area contributed by atoms with Gasteiger partial charge in [0, 0.05) is 23.2 Å². The van der Waals surface area contributed by atoms with Crippen molar-refractivity contribution >= 4 is 0 Å². The molecule has 1 heterocycles. The first-order valence-electron chi connectivity index (χ1n) is 7.54. The molecule has 2 aliphatic rings. The van der Waals surface area contributed by atoms with Gasteiger partial charge in [-0.15, -0.1) is 0 Å². The predicted molar refractivity (Wildman–Crippen MR) is 75.7 cm³/mol. The van der Waals surface area contributed by atoms with E-state index in [4.69, 9.17) is 0 Å². The highest BCUT2D eigenvalue weighted by Gasteiger charge is 2.45. The molecule has 2 atom stereocenters. The lowest BCUT2D eigenvalue weighted by Gasteiger charge is -2.38. The molecule has 0 aromatic heterocycles. The summed E-state index contributed by atoms with van der Waals surface area (Å²) in [6.45, 7) is 10.6. The number of hydrogen-bond donors (Lipinski definition) is 2. The smallest absolute Gasteiger partial charge is 0.0614 e. The van der Waals surface area contributed by atoms with E-state index in [0.717, 1.165) is 12.8 Å². The quantitative estimate of drug-likeness (QED) is 0.807. The van der Waals surface area contributed by atoms with Gasteiger partial charge in [0.05, 0.1) is 6.61 Å². The molecule has 1 aliphatic heterocycles. The van der Waals surface area contributed by atoms with Gasteiger partial charge in [-0.25, -0.2) is 0 Å². The van der Waals surface area contributed by atoms with Crippen molar-refractivity contribution in [1.29, 1.82) is 0 Å². The standard InChI is InChI=1S/C15H30N2O/c1-12(2)16-15(11-18)8-6-13(10-15)17-9-5-7-14(17,3)4/h12-13,16,18H,5-11H2,1-4H3. The Balaban J connectivity index is 2.02. The van der Waals surface area contributed by atoms with Crippen LogP contribution in [0.1, 0.15) is 59.8 Å². The highest BCUT2D eigenvalue weighted by molar-refractivity contribution is 5.03. The number of likely N-dealkylation sites (tertiary alicyclic amines) is 1. The third kappa shape index (κ3) is 2.73. The fraction of sp³-hybridized carbons (Fsp3) is 1.00. The highest BCUT2D eigenvalue weighted by atomic mass is 16.3. The summed E-state index contributed by atoms with van der Waals surface area (Å²) in [5.74, 6) is 0. The van der Waals surface area contributed by atoms with E-state index in [1.54, 1.807) is 0 Å². The van der Waals surface area contributed by atoms with Gasteiger partial charge in [-0.3, -0.25) is 4.90 Å². The highest BCUT2D eigenvalue weighted by Crippen LogP contribution is 2.40. The maximum absolute atomic E-state index is 9.78. The monoisotopic (exact) mass is 254 g/mol. The van der Waals surface area contributed by atoms with Crippen molar-refractivity contribution in [2.75, 3.05) is 13.2 Å². The van der Waals surface area contributed by atoms with E-state index < -0.39 is 0 Å². The summed E-state index contributed by atoms with van der Waals surface area (Å²) in [4.78, 5) is 2.69. The Morgan fingerprint density at radius 2 is 2.06 bits per heavy atom. The van der Waals surface area contributed by atoms with Gasteiger partial charge in [-0.1, -0.05) is 13.8 Å². The fourth-order valence-corrected chi connectivity index (χ4v) is 4.10. The number of nitrogens with one attached hydrogen (secondary N) is 1. The van der Waals surface area contributed by atoms with Gasteiger partial charge in [0.25, 0.3) is 0 Å². The lowest BCUT2D eigenvalue weighted by Crippen LogP contribution is -2.52. The minimum absolute atomic E-state index is 0.0303. The molecule has 1 saturated heterocycles. The largest absolute Gasteiger partial charge is 0.394 e. The van der Waals surface area contributed by atoms with E-state index in [2.05, 4.69) is 37.9 Å². The van der Waals surface area contributed by atoms with E-state index in [9.17, 15) is 5.11 Å². The molecule has 2 fully saturated rings. The van der Waals surface area contributed by atoms with E-state index in [0.29, 0.717) is 17.6 Å². The molecule has 3 heteroatoms. The first kappa shape index (κ1) is 14.3. The number of nitrogens with zero attached hydrogens (tertiary/aromatic N) is 1. The molecule has 106 valence electrons. The van der Waals surface area contributed by atoms with E-state index in [-0.39, 0.29) is 12.1 Å². The SMILES string of the molecule is CC(C)NC1(CO)CCC(N2CCCC2(C)C)C1. The second kappa shape index (κ2) is 5.10. The summed E-state index contributed by atoms with van der Waals surface area (Å²) in [5.41, 5.74) is 0.325. The van der Waals surface area contributed by atoms with Crippen molar-refractivity contribution < 1.29 is 5.11 Å². The molecule has 2 rings (SSSR count). The molecule has 0 aromatic rings. The van der Waals surface area contributed by atoms with Crippen LogP contribution in [0.4, 0.5) is 0 Å². The molecule has 0 aromatic carbocycles. The van der Waals surface area contributed by atoms with Crippen LogP contribution in [0.15, 0.2) is 0 Å². The Morgan fingerprint density at radius 1 is 1.33 bits per heavy atom. The number of rotatable bonds is 4. The predicted octanol–water partition coefficient (Wildman–Crippen LogP) is 2.14. The number of aliphatic hydroxyl groups excluding tert-OH is 1. The van der Waals surface area contributed by atoms with Crippen LogP contribution in [0, 0.1) is 0 Å². The van der Waals surface area contributed by atoms with Crippen LogP contribution in [0.5, 0.6) is 0 Å². The summed E-state index contributed by atoms with van der Waals surface area (Å²) >= 11 is 0. The molecule has 1 aliphatic carbocycles. The normalized spacial score (nSPS) is 36.7. The van der Waals surface area contributed by atoms with Crippen LogP contribution in [-0.2, 0) is 0 Å². The molecule has 18 heavy (non-hydrogen) atoms. The van der Waals surface area contributed by atoms with Crippen molar-refractivity contribution in [1.82, 2.24) is 10.2 Å². The molecule has 0 bridgehead atoms. The van der Waals surface area contributed by atoms with Crippen molar-refractivity contribution in [3.8, 4) is 0 Å². The summed E-state index contributed by atoms with van der Waals surface area (Å²) in [7, 11) is 0. The molecule has 0 radical (unpaired) electrons. The number of aliphatic hydroxyl groups is 1. The molecule has 2 unspecified atom stereocenters. The average molecular weight is 254 g/mol. The lowest BCUT2D eigenvalue weighted by atomic mass is 9.96. The minimum Gasteiger partial charge on any atom is -0.394 e. The van der Waals surface area contributed by atoms with Crippen LogP contribution in [0.2, 0.25) is 0 Å². The van der Waals surface area contributed by atoms with Crippen molar-refractivity contribution in [3.63, 3.8) is 0 Å². The van der Waals surface area contributed by atoms with E-state index in [1.165, 1.54) is 25.8 Å². The molecular weight excluding hydrogens is 224 g/mol. The summed E-state index contributed by atoms with van der Waals surface area (Å²) in [6, 6.07) is 1.10. The zero-order valence-corrected chi connectivity index (χ0v) is 12.5. The summed E-state index contributed by atoms with van der Waals surface area (Å²) in [6.07, 6.45) is 6.08. The third-order valence-electron chi connectivity index (χ3n) is 4.89. The zero-order valence-electron chi connectivity index (χ0n) is 12.5. The molecule has 3 nitrogen and oxygen atoms in total. The van der Waals surface area contributed by atoms with E-state index in [1.807, 2.05) is 0 Å². The minimum atomic E-state index is -0.0303. The van der Waals surface area contributed by atoms with Gasteiger partial charge in [0.2, 0.25) is 0 Å². The first-order valence-corrected chi connectivity index (χ1v) is 7.54. The van der Waals surface area contributed by atoms with Gasteiger partial charge < -0.3 is 10.4 Å². The Hall–Kier alpha value is -0.120. The zero-order chi connectivity index (χ0) is 13.4. The Kier molecular flexibility index (Phi) is 4.05. The Labute approximate surface area is 112 Å². The molecular formula is C15H30N2O.